The fourth-order valence-electron chi connectivity index (χ4n) is 2.82. The highest BCUT2D eigenvalue weighted by molar-refractivity contribution is 7.92. The van der Waals surface area contributed by atoms with Crippen molar-refractivity contribution in [2.75, 3.05) is 18.4 Å². The molecule has 0 aliphatic carbocycles. The largest absolute Gasteiger partial charge is 0.368 e. The van der Waals surface area contributed by atoms with Crippen molar-refractivity contribution in [1.82, 2.24) is 25.1 Å². The van der Waals surface area contributed by atoms with Crippen molar-refractivity contribution in [3.63, 3.8) is 0 Å². The van der Waals surface area contributed by atoms with Crippen LogP contribution in [0, 0.1) is 6.92 Å². The van der Waals surface area contributed by atoms with Gasteiger partial charge >= 0.3 is 0 Å². The van der Waals surface area contributed by atoms with Crippen LogP contribution in [0.2, 0.25) is 0 Å². The van der Waals surface area contributed by atoms with Crippen LogP contribution in [0.15, 0.2) is 53.8 Å². The zero-order chi connectivity index (χ0) is 22.4. The monoisotopic (exact) mass is 442 g/mol. The summed E-state index contributed by atoms with van der Waals surface area (Å²) in [5, 5.41) is 9.81. The Morgan fingerprint density at radius 2 is 1.84 bits per heavy atom. The van der Waals surface area contributed by atoms with Crippen LogP contribution in [0.5, 0.6) is 0 Å². The number of anilines is 1. The number of carbonyl (C=O) groups is 1. The average molecular weight is 443 g/mol. The lowest BCUT2D eigenvalue weighted by atomic mass is 10.1. The molecule has 0 aliphatic heterocycles. The van der Waals surface area contributed by atoms with Gasteiger partial charge in [-0.1, -0.05) is 12.1 Å². The van der Waals surface area contributed by atoms with E-state index in [-0.39, 0.29) is 17.2 Å². The molecule has 10 heteroatoms. The minimum atomic E-state index is -3.31. The van der Waals surface area contributed by atoms with E-state index in [0.29, 0.717) is 24.7 Å². The first-order valence-corrected chi connectivity index (χ1v) is 11.5. The molecule has 2 aromatic heterocycles. The Balaban J connectivity index is 1.46. The number of sulfone groups is 1. The second-order valence-corrected chi connectivity index (χ2v) is 9.86. The van der Waals surface area contributed by atoms with E-state index in [1.54, 1.807) is 48.9 Å². The van der Waals surface area contributed by atoms with Crippen LogP contribution in [-0.4, -0.2) is 52.4 Å². The van der Waals surface area contributed by atoms with Gasteiger partial charge in [-0.2, -0.15) is 5.10 Å². The van der Waals surface area contributed by atoms with Crippen molar-refractivity contribution in [1.29, 1.82) is 0 Å². The van der Waals surface area contributed by atoms with Gasteiger partial charge in [-0.25, -0.2) is 23.1 Å². The van der Waals surface area contributed by atoms with Crippen LogP contribution in [0.25, 0.3) is 5.82 Å². The second-order valence-electron chi connectivity index (χ2n) is 7.35. The van der Waals surface area contributed by atoms with Gasteiger partial charge in [0.2, 0.25) is 5.91 Å². The van der Waals surface area contributed by atoms with Gasteiger partial charge in [0.05, 0.1) is 22.3 Å². The normalized spacial score (nSPS) is 11.5. The van der Waals surface area contributed by atoms with Crippen LogP contribution in [0.3, 0.4) is 0 Å². The van der Waals surface area contributed by atoms with Crippen LogP contribution in [0.4, 0.5) is 5.82 Å². The van der Waals surface area contributed by atoms with E-state index in [1.807, 2.05) is 19.2 Å². The molecule has 2 N–H and O–H groups in total. The van der Waals surface area contributed by atoms with Gasteiger partial charge in [0.25, 0.3) is 0 Å². The molecule has 1 amide bonds. The molecule has 0 unspecified atom stereocenters. The highest BCUT2D eigenvalue weighted by atomic mass is 32.2. The maximum Gasteiger partial charge on any atom is 0.224 e. The number of nitrogens with zero attached hydrogens (tertiary/aromatic N) is 4. The molecule has 164 valence electrons. The number of benzene rings is 1. The summed E-state index contributed by atoms with van der Waals surface area (Å²) in [6.45, 7) is 6.10. The van der Waals surface area contributed by atoms with Crippen LogP contribution in [0.1, 0.15) is 25.1 Å². The minimum absolute atomic E-state index is 0.142. The molecule has 3 rings (SSSR count). The maximum atomic E-state index is 12.2. The summed E-state index contributed by atoms with van der Waals surface area (Å²) < 4.78 is 26.0. The summed E-state index contributed by atoms with van der Waals surface area (Å²) in [6, 6.07) is 10.1. The van der Waals surface area contributed by atoms with Gasteiger partial charge in [-0.05, 0) is 44.5 Å². The quantitative estimate of drug-likeness (QED) is 0.486. The van der Waals surface area contributed by atoms with Gasteiger partial charge in [-0.3, -0.25) is 4.79 Å². The summed E-state index contributed by atoms with van der Waals surface area (Å²) in [7, 11) is -3.31. The summed E-state index contributed by atoms with van der Waals surface area (Å²) in [5.74, 6) is 1.14. The lowest BCUT2D eigenvalue weighted by Gasteiger charge is -2.10. The highest BCUT2D eigenvalue weighted by Gasteiger charge is 2.18. The smallest absolute Gasteiger partial charge is 0.224 e. The van der Waals surface area contributed by atoms with E-state index in [0.717, 1.165) is 11.3 Å². The lowest BCUT2D eigenvalue weighted by Crippen LogP contribution is -2.30. The average Bonchev–Trinajstić information content (AvgIpc) is 3.18. The predicted molar refractivity (Wildman–Crippen MR) is 118 cm³/mol. The fourth-order valence-corrected chi connectivity index (χ4v) is 3.88. The van der Waals surface area contributed by atoms with Gasteiger partial charge in [0, 0.05) is 25.4 Å². The van der Waals surface area contributed by atoms with E-state index >= 15 is 0 Å². The van der Waals surface area contributed by atoms with Gasteiger partial charge in [-0.15, -0.1) is 0 Å². The van der Waals surface area contributed by atoms with Crippen molar-refractivity contribution in [3.8, 4) is 5.82 Å². The number of hydrogen-bond donors (Lipinski definition) is 2. The van der Waals surface area contributed by atoms with Crippen molar-refractivity contribution in [2.24, 2.45) is 0 Å². The third-order valence-electron chi connectivity index (χ3n) is 4.60. The summed E-state index contributed by atoms with van der Waals surface area (Å²) in [6.07, 6.45) is 3.46. The Kier molecular flexibility index (Phi) is 7.01. The van der Waals surface area contributed by atoms with Crippen molar-refractivity contribution in [3.05, 3.63) is 60.2 Å². The van der Waals surface area contributed by atoms with Crippen molar-refractivity contribution in [2.45, 2.75) is 37.3 Å². The van der Waals surface area contributed by atoms with Crippen LogP contribution in [-0.2, 0) is 21.1 Å². The van der Waals surface area contributed by atoms with E-state index in [9.17, 15) is 13.2 Å². The number of nitrogens with one attached hydrogen (secondary N) is 2. The molecule has 0 saturated heterocycles. The topological polar surface area (TPSA) is 119 Å². The molecule has 0 aliphatic rings. The number of carbonyl (C=O) groups excluding carboxylic acids is 1. The molecule has 3 aromatic rings. The zero-order valence-electron chi connectivity index (χ0n) is 17.7. The van der Waals surface area contributed by atoms with E-state index in [1.165, 1.54) is 6.33 Å². The molecule has 9 nitrogen and oxygen atoms in total. The molecular weight excluding hydrogens is 416 g/mol. The molecule has 31 heavy (non-hydrogen) atoms. The summed E-state index contributed by atoms with van der Waals surface area (Å²) in [4.78, 5) is 20.8. The number of hydrogen-bond acceptors (Lipinski definition) is 7. The third-order valence-corrected chi connectivity index (χ3v) is 6.77. The van der Waals surface area contributed by atoms with Crippen LogP contribution >= 0.6 is 0 Å². The number of rotatable bonds is 9. The van der Waals surface area contributed by atoms with Gasteiger partial charge < -0.3 is 10.6 Å². The number of aromatic nitrogens is 4. The van der Waals surface area contributed by atoms with E-state index in [2.05, 4.69) is 25.7 Å². The summed E-state index contributed by atoms with van der Waals surface area (Å²) >= 11 is 0. The Morgan fingerprint density at radius 3 is 2.48 bits per heavy atom. The van der Waals surface area contributed by atoms with Crippen LogP contribution < -0.4 is 10.6 Å². The predicted octanol–water partition coefficient (Wildman–Crippen LogP) is 1.92. The Bertz CT molecular complexity index is 1140. The molecule has 0 bridgehead atoms. The first-order chi connectivity index (χ1) is 14.8. The Hall–Kier alpha value is -3.27. The lowest BCUT2D eigenvalue weighted by molar-refractivity contribution is -0.120. The molecule has 0 saturated carbocycles. The SMILES string of the molecule is Cc1ccn(-c2cc(NCCNC(=O)Cc3ccc(S(=O)(=O)C(C)C)cc3)ncn2)n1. The molecular formula is C21H26N6O3S. The Morgan fingerprint density at radius 1 is 1.10 bits per heavy atom. The fraction of sp³-hybridized carbons (Fsp3) is 0.333. The first-order valence-electron chi connectivity index (χ1n) is 9.94. The zero-order valence-corrected chi connectivity index (χ0v) is 18.6. The van der Waals surface area contributed by atoms with Gasteiger partial charge in [0.15, 0.2) is 15.7 Å². The molecule has 0 fully saturated rings. The molecule has 0 spiro atoms. The molecule has 1 aromatic carbocycles. The molecule has 0 atom stereocenters. The van der Waals surface area contributed by atoms with E-state index < -0.39 is 15.1 Å². The molecule has 0 radical (unpaired) electrons. The Labute approximate surface area is 181 Å². The summed E-state index contributed by atoms with van der Waals surface area (Å²) in [5.41, 5.74) is 1.65. The standard InChI is InChI=1S/C21H26N6O3S/c1-15(2)31(29,30)18-6-4-17(5-7-18)12-21(28)23-10-9-22-19-13-20(25-14-24-19)27-11-8-16(3)26-27/h4-8,11,13-15H,9-10,12H2,1-3H3,(H,23,28)(H,22,24,25). The molecule has 2 heterocycles. The third kappa shape index (κ3) is 5.88. The number of aryl methyl sites for hydroxylation is 1. The van der Waals surface area contributed by atoms with E-state index in [4.69, 9.17) is 0 Å². The van der Waals surface area contributed by atoms with Gasteiger partial charge in [0.1, 0.15) is 12.1 Å². The minimum Gasteiger partial charge on any atom is -0.368 e. The van der Waals surface area contributed by atoms with Crippen molar-refractivity contribution < 1.29 is 13.2 Å². The number of amides is 1. The first kappa shape index (κ1) is 22.4. The van der Waals surface area contributed by atoms with Crippen molar-refractivity contribution >= 4 is 21.6 Å². The highest BCUT2D eigenvalue weighted by Crippen LogP contribution is 2.16. The maximum absolute atomic E-state index is 12.2. The second kappa shape index (κ2) is 9.69.